The van der Waals surface area contributed by atoms with E-state index in [9.17, 15) is 18.0 Å². The van der Waals surface area contributed by atoms with Gasteiger partial charge in [0.15, 0.2) is 0 Å². The van der Waals surface area contributed by atoms with Crippen molar-refractivity contribution in [2.24, 2.45) is 0 Å². The van der Waals surface area contributed by atoms with Crippen LogP contribution in [0.3, 0.4) is 0 Å². The number of carbonyl (C=O) groups is 2. The second kappa shape index (κ2) is 13.5. The van der Waals surface area contributed by atoms with Crippen LogP contribution >= 0.6 is 11.6 Å². The van der Waals surface area contributed by atoms with E-state index in [4.69, 9.17) is 11.6 Å². The maximum Gasteiger partial charge on any atom is 0.242 e. The van der Waals surface area contributed by atoms with E-state index in [1.165, 1.54) is 9.21 Å². The van der Waals surface area contributed by atoms with Gasteiger partial charge in [0.05, 0.1) is 11.9 Å². The molecular formula is C26H36ClN3O4S. The maximum absolute atomic E-state index is 13.3. The highest BCUT2D eigenvalue weighted by Crippen LogP contribution is 2.21. The van der Waals surface area contributed by atoms with Gasteiger partial charge in [0.25, 0.3) is 0 Å². The average Bonchev–Trinajstić information content (AvgIpc) is 2.79. The molecule has 2 amide bonds. The lowest BCUT2D eigenvalue weighted by molar-refractivity contribution is -0.140. The summed E-state index contributed by atoms with van der Waals surface area (Å²) in [5.74, 6) is -0.438. The summed E-state index contributed by atoms with van der Waals surface area (Å²) in [6.07, 6.45) is 3.39. The number of halogens is 1. The molecule has 0 aromatic heterocycles. The lowest BCUT2D eigenvalue weighted by Crippen LogP contribution is -2.48. The summed E-state index contributed by atoms with van der Waals surface area (Å²) in [7, 11) is -3.52. The number of carbonyl (C=O) groups excluding carboxylic acids is 2. The summed E-state index contributed by atoms with van der Waals surface area (Å²) < 4.78 is 26.1. The van der Waals surface area contributed by atoms with Gasteiger partial charge in [-0.3, -0.25) is 13.9 Å². The summed E-state index contributed by atoms with van der Waals surface area (Å²) in [6, 6.07) is 13.8. The first-order chi connectivity index (χ1) is 16.5. The smallest absolute Gasteiger partial charge is 0.242 e. The van der Waals surface area contributed by atoms with Crippen LogP contribution in [0.4, 0.5) is 5.69 Å². The van der Waals surface area contributed by atoms with Gasteiger partial charge in [-0.25, -0.2) is 8.42 Å². The number of amides is 2. The zero-order valence-electron chi connectivity index (χ0n) is 21.0. The van der Waals surface area contributed by atoms with Crippen LogP contribution in [-0.2, 0) is 26.2 Å². The van der Waals surface area contributed by atoms with Crippen LogP contribution in [0.25, 0.3) is 0 Å². The highest BCUT2D eigenvalue weighted by molar-refractivity contribution is 7.92. The number of nitrogens with one attached hydrogen (secondary N) is 1. The van der Waals surface area contributed by atoms with E-state index in [1.54, 1.807) is 43.3 Å². The number of aryl methyl sites for hydroxylation is 1. The van der Waals surface area contributed by atoms with E-state index in [0.717, 1.165) is 30.2 Å². The van der Waals surface area contributed by atoms with Crippen LogP contribution < -0.4 is 9.62 Å². The summed E-state index contributed by atoms with van der Waals surface area (Å²) in [5, 5.41) is 3.44. The monoisotopic (exact) mass is 521 g/mol. The molecule has 1 unspecified atom stereocenters. The van der Waals surface area contributed by atoms with Gasteiger partial charge >= 0.3 is 0 Å². The molecule has 2 aromatic rings. The van der Waals surface area contributed by atoms with Crippen molar-refractivity contribution in [3.05, 3.63) is 64.7 Å². The molecule has 0 aliphatic rings. The van der Waals surface area contributed by atoms with Crippen molar-refractivity contribution in [1.29, 1.82) is 0 Å². The van der Waals surface area contributed by atoms with Crippen molar-refractivity contribution in [1.82, 2.24) is 10.2 Å². The Morgan fingerprint density at radius 2 is 1.80 bits per heavy atom. The molecule has 9 heteroatoms. The van der Waals surface area contributed by atoms with Gasteiger partial charge in [-0.2, -0.15) is 0 Å². The Bertz CT molecular complexity index is 1110. The van der Waals surface area contributed by atoms with Gasteiger partial charge in [0.1, 0.15) is 6.04 Å². The van der Waals surface area contributed by atoms with Gasteiger partial charge in [0.2, 0.25) is 21.8 Å². The molecule has 0 saturated heterocycles. The number of hydrogen-bond donors (Lipinski definition) is 1. The van der Waals surface area contributed by atoms with Gasteiger partial charge in [-0.15, -0.1) is 0 Å². The minimum Gasteiger partial charge on any atom is -0.354 e. The normalized spacial score (nSPS) is 12.1. The Balaban J connectivity index is 2.14. The van der Waals surface area contributed by atoms with Gasteiger partial charge in [-0.1, -0.05) is 49.2 Å². The third kappa shape index (κ3) is 9.18. The first kappa shape index (κ1) is 28.7. The number of benzene rings is 2. The fourth-order valence-corrected chi connectivity index (χ4v) is 4.91. The molecule has 0 aliphatic heterocycles. The summed E-state index contributed by atoms with van der Waals surface area (Å²) in [6.45, 7) is 6.60. The molecule has 0 radical (unpaired) electrons. The van der Waals surface area contributed by atoms with E-state index in [-0.39, 0.29) is 31.3 Å². The van der Waals surface area contributed by atoms with Crippen molar-refractivity contribution in [3.8, 4) is 0 Å². The van der Waals surface area contributed by atoms with E-state index in [0.29, 0.717) is 23.7 Å². The predicted molar refractivity (Wildman–Crippen MR) is 142 cm³/mol. The van der Waals surface area contributed by atoms with E-state index < -0.39 is 16.1 Å². The minimum atomic E-state index is -3.52. The molecule has 0 bridgehead atoms. The fourth-order valence-electron chi connectivity index (χ4n) is 3.74. The van der Waals surface area contributed by atoms with Crippen molar-refractivity contribution < 1.29 is 18.0 Å². The first-order valence-corrected chi connectivity index (χ1v) is 14.1. The van der Waals surface area contributed by atoms with Gasteiger partial charge in [-0.05, 0) is 62.1 Å². The van der Waals surface area contributed by atoms with Crippen LogP contribution in [0.2, 0.25) is 5.02 Å². The van der Waals surface area contributed by atoms with Crippen molar-refractivity contribution in [2.75, 3.05) is 23.7 Å². The second-order valence-corrected chi connectivity index (χ2v) is 11.1. The third-order valence-electron chi connectivity index (χ3n) is 5.68. The minimum absolute atomic E-state index is 0.102. The molecule has 1 atom stereocenters. The molecule has 0 fully saturated rings. The second-order valence-electron chi connectivity index (χ2n) is 8.75. The molecule has 0 aliphatic carbocycles. The zero-order valence-corrected chi connectivity index (χ0v) is 22.5. The number of anilines is 1. The largest absolute Gasteiger partial charge is 0.354 e. The summed E-state index contributed by atoms with van der Waals surface area (Å²) >= 11 is 6.12. The molecule has 0 spiro atoms. The van der Waals surface area contributed by atoms with Crippen molar-refractivity contribution >= 4 is 39.1 Å². The summed E-state index contributed by atoms with van der Waals surface area (Å²) in [5.41, 5.74) is 2.33. The Hall–Kier alpha value is -2.58. The van der Waals surface area contributed by atoms with E-state index in [2.05, 4.69) is 5.32 Å². The molecular weight excluding hydrogens is 486 g/mol. The van der Waals surface area contributed by atoms with Gasteiger partial charge in [0, 0.05) is 31.1 Å². The van der Waals surface area contributed by atoms with Crippen LogP contribution in [0.15, 0.2) is 48.5 Å². The number of hydrogen-bond acceptors (Lipinski definition) is 4. The molecule has 0 saturated carbocycles. The number of rotatable bonds is 13. The number of sulfonamides is 1. The molecule has 7 nitrogen and oxygen atoms in total. The highest BCUT2D eigenvalue weighted by atomic mass is 35.5. The van der Waals surface area contributed by atoms with E-state index in [1.807, 2.05) is 26.0 Å². The maximum atomic E-state index is 13.3. The Kier molecular flexibility index (Phi) is 11.0. The lowest BCUT2D eigenvalue weighted by atomic mass is 10.1. The lowest BCUT2D eigenvalue weighted by Gasteiger charge is -2.29. The predicted octanol–water partition coefficient (Wildman–Crippen LogP) is 4.53. The topological polar surface area (TPSA) is 86.8 Å². The number of unbranched alkanes of at least 4 members (excludes halogenated alkanes) is 1. The van der Waals surface area contributed by atoms with Gasteiger partial charge < -0.3 is 10.2 Å². The molecule has 1 N–H and O–H groups in total. The Labute approximate surface area is 214 Å². The molecule has 2 rings (SSSR count). The van der Waals surface area contributed by atoms with E-state index >= 15 is 0 Å². The van der Waals surface area contributed by atoms with Crippen molar-refractivity contribution in [3.63, 3.8) is 0 Å². The Morgan fingerprint density at radius 3 is 2.43 bits per heavy atom. The molecule has 2 aromatic carbocycles. The molecule has 192 valence electrons. The average molecular weight is 522 g/mol. The quantitative estimate of drug-likeness (QED) is 0.392. The van der Waals surface area contributed by atoms with Crippen molar-refractivity contribution in [2.45, 2.75) is 59.0 Å². The number of nitrogens with zero attached hydrogens (tertiary/aromatic N) is 2. The molecule has 35 heavy (non-hydrogen) atoms. The summed E-state index contributed by atoms with van der Waals surface area (Å²) in [4.78, 5) is 27.5. The fraction of sp³-hybridized carbons (Fsp3) is 0.462. The van der Waals surface area contributed by atoms with Crippen LogP contribution in [-0.4, -0.2) is 50.5 Å². The van der Waals surface area contributed by atoms with Crippen LogP contribution in [0.1, 0.15) is 50.7 Å². The Morgan fingerprint density at radius 1 is 1.09 bits per heavy atom. The third-order valence-corrected chi connectivity index (χ3v) is 7.11. The zero-order chi connectivity index (χ0) is 26.0. The first-order valence-electron chi connectivity index (χ1n) is 11.9. The van der Waals surface area contributed by atoms with Crippen LogP contribution in [0, 0.1) is 6.92 Å². The van der Waals surface area contributed by atoms with Crippen LogP contribution in [0.5, 0.6) is 0 Å². The standard InChI is InChI=1S/C26H36ClN3O4S/c1-5-6-15-28-26(32)21(3)29(19-22-11-8-12-23(27)18-22)25(31)14-9-16-30(35(4,33)34)24-13-7-10-20(2)17-24/h7-8,10-13,17-18,21H,5-6,9,14-16,19H2,1-4H3,(H,28,32). The highest BCUT2D eigenvalue weighted by Gasteiger charge is 2.26. The molecule has 0 heterocycles. The SMILES string of the molecule is CCCCNC(=O)C(C)N(Cc1cccc(Cl)c1)C(=O)CCCN(c1cccc(C)c1)S(C)(=O)=O.